The Balaban J connectivity index is 1.76. The number of aryl methyl sites for hydroxylation is 1. The first-order chi connectivity index (χ1) is 11.3. The van der Waals surface area contributed by atoms with E-state index >= 15 is 0 Å². The molecular weight excluding hydrogens is 346 g/mol. The minimum Gasteiger partial charge on any atom is -0.488 e. The number of fused-ring (bicyclic) bond motifs is 1. The van der Waals surface area contributed by atoms with Crippen molar-refractivity contribution in [2.45, 2.75) is 43.7 Å². The second-order valence-electron chi connectivity index (χ2n) is 6.58. The normalized spacial score (nSPS) is 16.3. The molecular formula is C18H20ClNO3S. The Morgan fingerprint density at radius 1 is 1.17 bits per heavy atom. The predicted molar refractivity (Wildman–Crippen MR) is 94.9 cm³/mol. The first kappa shape index (κ1) is 17.3. The van der Waals surface area contributed by atoms with Crippen LogP contribution in [0, 0.1) is 0 Å². The van der Waals surface area contributed by atoms with Crippen LogP contribution in [0.15, 0.2) is 47.4 Å². The Labute approximate surface area is 147 Å². The summed E-state index contributed by atoms with van der Waals surface area (Å²) in [4.78, 5) is 0.263. The highest BCUT2D eigenvalue weighted by Gasteiger charge is 2.27. The van der Waals surface area contributed by atoms with Crippen LogP contribution in [0.5, 0.6) is 5.75 Å². The molecule has 0 radical (unpaired) electrons. The zero-order valence-electron chi connectivity index (χ0n) is 13.7. The van der Waals surface area contributed by atoms with Crippen molar-refractivity contribution in [1.82, 2.24) is 4.72 Å². The van der Waals surface area contributed by atoms with Crippen LogP contribution in [-0.4, -0.2) is 14.0 Å². The molecule has 4 nitrogen and oxygen atoms in total. The fourth-order valence-corrected chi connectivity index (χ4v) is 3.86. The number of sulfonamides is 1. The van der Waals surface area contributed by atoms with Gasteiger partial charge in [-0.05, 0) is 68.1 Å². The van der Waals surface area contributed by atoms with Crippen LogP contribution in [-0.2, 0) is 23.0 Å². The summed E-state index contributed by atoms with van der Waals surface area (Å²) in [6.45, 7) is 4.29. The van der Waals surface area contributed by atoms with Gasteiger partial charge in [0.25, 0.3) is 0 Å². The highest BCUT2D eigenvalue weighted by molar-refractivity contribution is 7.89. The molecule has 0 atom stereocenters. The molecule has 1 aliphatic heterocycles. The van der Waals surface area contributed by atoms with Gasteiger partial charge in [0.15, 0.2) is 0 Å². The summed E-state index contributed by atoms with van der Waals surface area (Å²) in [5.41, 5.74) is 1.58. The van der Waals surface area contributed by atoms with Gasteiger partial charge in [0.05, 0.1) is 4.90 Å². The molecule has 128 valence electrons. The van der Waals surface area contributed by atoms with Crippen LogP contribution >= 0.6 is 11.6 Å². The van der Waals surface area contributed by atoms with Crippen LogP contribution in [0.1, 0.15) is 31.4 Å². The summed E-state index contributed by atoms with van der Waals surface area (Å²) < 4.78 is 33.5. The lowest BCUT2D eigenvalue weighted by Gasteiger charge is -2.32. The number of rotatable bonds is 4. The zero-order valence-corrected chi connectivity index (χ0v) is 15.2. The average Bonchev–Trinajstić information content (AvgIpc) is 2.53. The standard InChI is InChI=1S/C18H20ClNO3S/c1-18(2)10-9-14-11-16(7-8-17(14)23-18)24(21,22)20-12-13-3-5-15(19)6-4-13/h3-8,11,20H,9-10,12H2,1-2H3. The van der Waals surface area contributed by atoms with E-state index < -0.39 is 10.0 Å². The molecule has 2 aromatic rings. The van der Waals surface area contributed by atoms with Gasteiger partial charge in [0.2, 0.25) is 10.0 Å². The fourth-order valence-electron chi connectivity index (χ4n) is 2.67. The SMILES string of the molecule is CC1(C)CCc2cc(S(=O)(=O)NCc3ccc(Cl)cc3)ccc2O1. The summed E-state index contributed by atoms with van der Waals surface area (Å²) in [6, 6.07) is 12.1. The van der Waals surface area contributed by atoms with Crippen LogP contribution in [0.25, 0.3) is 0 Å². The quantitative estimate of drug-likeness (QED) is 0.893. The van der Waals surface area contributed by atoms with E-state index in [4.69, 9.17) is 16.3 Å². The largest absolute Gasteiger partial charge is 0.488 e. The van der Waals surface area contributed by atoms with E-state index in [0.717, 1.165) is 29.7 Å². The van der Waals surface area contributed by atoms with Gasteiger partial charge in [-0.25, -0.2) is 13.1 Å². The average molecular weight is 366 g/mol. The molecule has 0 aromatic heterocycles. The van der Waals surface area contributed by atoms with Gasteiger partial charge in [-0.15, -0.1) is 0 Å². The molecule has 1 N–H and O–H groups in total. The summed E-state index contributed by atoms with van der Waals surface area (Å²) in [7, 11) is -3.57. The lowest BCUT2D eigenvalue weighted by Crippen LogP contribution is -2.32. The van der Waals surface area contributed by atoms with Crippen LogP contribution in [0.2, 0.25) is 5.02 Å². The van der Waals surface area contributed by atoms with Gasteiger partial charge >= 0.3 is 0 Å². The van der Waals surface area contributed by atoms with E-state index in [2.05, 4.69) is 4.72 Å². The fraction of sp³-hybridized carbons (Fsp3) is 0.333. The molecule has 0 bridgehead atoms. The van der Waals surface area contributed by atoms with E-state index in [1.807, 2.05) is 13.8 Å². The lowest BCUT2D eigenvalue weighted by atomic mass is 9.94. The molecule has 0 aliphatic carbocycles. The van der Waals surface area contributed by atoms with E-state index in [-0.39, 0.29) is 17.0 Å². The zero-order chi connectivity index (χ0) is 17.4. The van der Waals surface area contributed by atoms with E-state index in [0.29, 0.717) is 5.02 Å². The highest BCUT2D eigenvalue weighted by Crippen LogP contribution is 2.34. The first-order valence-corrected chi connectivity index (χ1v) is 9.67. The van der Waals surface area contributed by atoms with Gasteiger partial charge in [-0.3, -0.25) is 0 Å². The molecule has 0 saturated carbocycles. The number of hydrogen-bond donors (Lipinski definition) is 1. The predicted octanol–water partition coefficient (Wildman–Crippen LogP) is 3.92. The molecule has 1 aliphatic rings. The van der Waals surface area contributed by atoms with Crippen molar-refractivity contribution < 1.29 is 13.2 Å². The topological polar surface area (TPSA) is 55.4 Å². The van der Waals surface area contributed by atoms with Crippen LogP contribution in [0.4, 0.5) is 0 Å². The third-order valence-corrected chi connectivity index (χ3v) is 5.76. The highest BCUT2D eigenvalue weighted by atomic mass is 35.5. The lowest BCUT2D eigenvalue weighted by molar-refractivity contribution is 0.0845. The third kappa shape index (κ3) is 3.91. The van der Waals surface area contributed by atoms with Crippen molar-refractivity contribution in [3.8, 4) is 5.75 Å². The van der Waals surface area contributed by atoms with Crippen molar-refractivity contribution in [3.63, 3.8) is 0 Å². The minimum absolute atomic E-state index is 0.208. The van der Waals surface area contributed by atoms with E-state index in [1.165, 1.54) is 0 Å². The smallest absolute Gasteiger partial charge is 0.240 e. The Hall–Kier alpha value is -1.56. The minimum atomic E-state index is -3.57. The van der Waals surface area contributed by atoms with Crippen molar-refractivity contribution >= 4 is 21.6 Å². The van der Waals surface area contributed by atoms with Gasteiger partial charge < -0.3 is 4.74 Å². The molecule has 0 spiro atoms. The number of nitrogens with one attached hydrogen (secondary N) is 1. The monoisotopic (exact) mass is 365 g/mol. The summed E-state index contributed by atoms with van der Waals surface area (Å²) in [5.74, 6) is 0.767. The van der Waals surface area contributed by atoms with Crippen LogP contribution in [0.3, 0.4) is 0 Å². The van der Waals surface area contributed by atoms with E-state index in [1.54, 1.807) is 42.5 Å². The Morgan fingerprint density at radius 3 is 2.58 bits per heavy atom. The molecule has 24 heavy (non-hydrogen) atoms. The van der Waals surface area contributed by atoms with Crippen molar-refractivity contribution in [1.29, 1.82) is 0 Å². The van der Waals surface area contributed by atoms with Crippen molar-refractivity contribution in [2.24, 2.45) is 0 Å². The number of halogens is 1. The molecule has 1 heterocycles. The Morgan fingerprint density at radius 2 is 1.88 bits per heavy atom. The number of ether oxygens (including phenoxy) is 1. The molecule has 0 saturated heterocycles. The van der Waals surface area contributed by atoms with Crippen molar-refractivity contribution in [3.05, 3.63) is 58.6 Å². The molecule has 0 amide bonds. The molecule has 2 aromatic carbocycles. The second kappa shape index (κ2) is 6.39. The van der Waals surface area contributed by atoms with Gasteiger partial charge in [0, 0.05) is 11.6 Å². The number of benzene rings is 2. The van der Waals surface area contributed by atoms with E-state index in [9.17, 15) is 8.42 Å². The maximum Gasteiger partial charge on any atom is 0.240 e. The first-order valence-electron chi connectivity index (χ1n) is 7.81. The second-order valence-corrected chi connectivity index (χ2v) is 8.79. The Bertz CT molecular complexity index is 845. The Kier molecular flexibility index (Phi) is 4.60. The van der Waals surface area contributed by atoms with Crippen molar-refractivity contribution in [2.75, 3.05) is 0 Å². The molecule has 3 rings (SSSR count). The molecule has 6 heteroatoms. The third-order valence-electron chi connectivity index (χ3n) is 4.10. The summed E-state index contributed by atoms with van der Waals surface area (Å²) >= 11 is 5.83. The summed E-state index contributed by atoms with van der Waals surface area (Å²) in [5, 5.41) is 0.624. The number of hydrogen-bond acceptors (Lipinski definition) is 3. The van der Waals surface area contributed by atoms with Gasteiger partial charge in [-0.1, -0.05) is 23.7 Å². The van der Waals surface area contributed by atoms with Crippen LogP contribution < -0.4 is 9.46 Å². The summed E-state index contributed by atoms with van der Waals surface area (Å²) in [6.07, 6.45) is 1.67. The van der Waals surface area contributed by atoms with Gasteiger partial charge in [-0.2, -0.15) is 0 Å². The maximum absolute atomic E-state index is 12.5. The molecule has 0 unspecified atom stereocenters. The van der Waals surface area contributed by atoms with Gasteiger partial charge in [0.1, 0.15) is 11.4 Å². The molecule has 0 fully saturated rings. The maximum atomic E-state index is 12.5.